The molecule has 0 radical (unpaired) electrons. The van der Waals surface area contributed by atoms with Gasteiger partial charge in [0.05, 0.1) is 4.90 Å². The zero-order valence-electron chi connectivity index (χ0n) is 9.57. The molecule has 0 unspecified atom stereocenters. The molecular weight excluding hydrogens is 288 g/mol. The lowest BCUT2D eigenvalue weighted by Crippen LogP contribution is -2.05. The number of halogens is 1. The molecular formula is C12H15BrO2S. The lowest BCUT2D eigenvalue weighted by atomic mass is 10.2. The zero-order valence-corrected chi connectivity index (χ0v) is 12.0. The highest BCUT2D eigenvalue weighted by Crippen LogP contribution is 2.20. The molecule has 0 amide bonds. The van der Waals surface area contributed by atoms with Crippen LogP contribution in [0.2, 0.25) is 0 Å². The number of hydrogen-bond acceptors (Lipinski definition) is 2. The lowest BCUT2D eigenvalue weighted by Gasteiger charge is -2.08. The molecule has 0 atom stereocenters. The summed E-state index contributed by atoms with van der Waals surface area (Å²) in [6.45, 7) is 5.69. The Bertz CT molecular complexity index is 479. The molecule has 0 aliphatic heterocycles. The van der Waals surface area contributed by atoms with E-state index in [1.165, 1.54) is 5.41 Å². The summed E-state index contributed by atoms with van der Waals surface area (Å²) in [5, 5.41) is 1.24. The number of hydrogen-bond donors (Lipinski definition) is 0. The fourth-order valence-corrected chi connectivity index (χ4v) is 2.56. The Morgan fingerprint density at radius 1 is 1.19 bits per heavy atom. The molecule has 2 nitrogen and oxygen atoms in total. The Morgan fingerprint density at radius 2 is 1.69 bits per heavy atom. The Morgan fingerprint density at radius 3 is 2.12 bits per heavy atom. The number of rotatable bonds is 3. The molecule has 1 aromatic rings. The second kappa shape index (κ2) is 4.72. The lowest BCUT2D eigenvalue weighted by molar-refractivity contribution is 0.604. The normalized spacial score (nSPS) is 13.2. The van der Waals surface area contributed by atoms with Crippen molar-refractivity contribution < 1.29 is 8.42 Å². The standard InChI is InChI=1S/C12H15BrO2S/c1-10-4-6-11(7-5-10)16(14,15)9-8-12(2,3)13/h4-9H,1-3H3/b9-8+. The van der Waals surface area contributed by atoms with Gasteiger partial charge in [-0.05, 0) is 32.9 Å². The molecule has 0 aromatic heterocycles. The summed E-state index contributed by atoms with van der Waals surface area (Å²) < 4.78 is 23.5. The highest BCUT2D eigenvalue weighted by Gasteiger charge is 2.13. The Labute approximate surface area is 105 Å². The van der Waals surface area contributed by atoms with Gasteiger partial charge >= 0.3 is 0 Å². The molecule has 0 spiro atoms. The number of aryl methyl sites for hydroxylation is 1. The quantitative estimate of drug-likeness (QED) is 0.801. The monoisotopic (exact) mass is 302 g/mol. The van der Waals surface area contributed by atoms with Crippen molar-refractivity contribution in [3.63, 3.8) is 0 Å². The smallest absolute Gasteiger partial charge is 0.199 e. The van der Waals surface area contributed by atoms with Crippen molar-refractivity contribution in [3.05, 3.63) is 41.3 Å². The van der Waals surface area contributed by atoms with Crippen molar-refractivity contribution >= 4 is 25.8 Å². The molecule has 4 heteroatoms. The van der Waals surface area contributed by atoms with Crippen molar-refractivity contribution in [3.8, 4) is 0 Å². The second-order valence-corrected chi connectivity index (χ2v) is 8.10. The highest BCUT2D eigenvalue weighted by molar-refractivity contribution is 9.10. The van der Waals surface area contributed by atoms with Crippen LogP contribution in [0.3, 0.4) is 0 Å². The molecule has 0 bridgehead atoms. The van der Waals surface area contributed by atoms with E-state index < -0.39 is 9.84 Å². The predicted octanol–water partition coefficient (Wildman–Crippen LogP) is 3.46. The first kappa shape index (κ1) is 13.5. The van der Waals surface area contributed by atoms with E-state index in [9.17, 15) is 8.42 Å². The number of allylic oxidation sites excluding steroid dienone is 1. The van der Waals surface area contributed by atoms with Crippen LogP contribution in [0.5, 0.6) is 0 Å². The van der Waals surface area contributed by atoms with Crippen LogP contribution in [0.1, 0.15) is 19.4 Å². The van der Waals surface area contributed by atoms with Crippen molar-refractivity contribution in [2.24, 2.45) is 0 Å². The summed E-state index contributed by atoms with van der Waals surface area (Å²) in [4.78, 5) is 0.325. The van der Waals surface area contributed by atoms with Gasteiger partial charge in [-0.15, -0.1) is 0 Å². The van der Waals surface area contributed by atoms with Gasteiger partial charge in [0, 0.05) is 9.73 Å². The van der Waals surface area contributed by atoms with Crippen molar-refractivity contribution in [1.82, 2.24) is 0 Å². The minimum atomic E-state index is -3.32. The summed E-state index contributed by atoms with van der Waals surface area (Å²) in [5.74, 6) is 0. The van der Waals surface area contributed by atoms with Crippen LogP contribution in [0.4, 0.5) is 0 Å². The minimum Gasteiger partial charge on any atom is -0.219 e. The zero-order chi connectivity index (χ0) is 12.4. The van der Waals surface area contributed by atoms with Crippen molar-refractivity contribution in [1.29, 1.82) is 0 Å². The van der Waals surface area contributed by atoms with Gasteiger partial charge in [-0.3, -0.25) is 0 Å². The van der Waals surface area contributed by atoms with Crippen LogP contribution in [0, 0.1) is 6.92 Å². The van der Waals surface area contributed by atoms with Crippen molar-refractivity contribution in [2.45, 2.75) is 30.0 Å². The molecule has 0 N–H and O–H groups in total. The van der Waals surface area contributed by atoms with Gasteiger partial charge in [0.25, 0.3) is 0 Å². The third-order valence-corrected chi connectivity index (χ3v) is 3.68. The van der Waals surface area contributed by atoms with Crippen LogP contribution >= 0.6 is 15.9 Å². The van der Waals surface area contributed by atoms with E-state index in [-0.39, 0.29) is 4.32 Å². The third kappa shape index (κ3) is 4.10. The number of alkyl halides is 1. The molecule has 0 heterocycles. The number of sulfone groups is 1. The predicted molar refractivity (Wildman–Crippen MR) is 70.5 cm³/mol. The van der Waals surface area contributed by atoms with Gasteiger partial charge in [-0.25, -0.2) is 8.42 Å². The van der Waals surface area contributed by atoms with Gasteiger partial charge in [0.15, 0.2) is 9.84 Å². The summed E-state index contributed by atoms with van der Waals surface area (Å²) in [5.41, 5.74) is 1.05. The molecule has 0 saturated carbocycles. The van der Waals surface area contributed by atoms with Crippen molar-refractivity contribution in [2.75, 3.05) is 0 Å². The van der Waals surface area contributed by atoms with E-state index in [4.69, 9.17) is 0 Å². The van der Waals surface area contributed by atoms with Crippen LogP contribution in [-0.4, -0.2) is 12.7 Å². The van der Waals surface area contributed by atoms with E-state index in [1.807, 2.05) is 20.8 Å². The summed E-state index contributed by atoms with van der Waals surface area (Å²) in [7, 11) is -3.32. The third-order valence-electron chi connectivity index (χ3n) is 1.99. The van der Waals surface area contributed by atoms with E-state index in [0.29, 0.717) is 4.90 Å². The maximum atomic E-state index is 11.9. The Balaban J connectivity index is 3.04. The van der Waals surface area contributed by atoms with E-state index in [2.05, 4.69) is 15.9 Å². The highest BCUT2D eigenvalue weighted by atomic mass is 79.9. The Hall–Kier alpha value is -0.610. The van der Waals surface area contributed by atoms with Crippen LogP contribution in [0.15, 0.2) is 40.6 Å². The van der Waals surface area contributed by atoms with Crippen LogP contribution in [-0.2, 0) is 9.84 Å². The van der Waals surface area contributed by atoms with Gasteiger partial charge in [0.1, 0.15) is 0 Å². The molecule has 1 rings (SSSR count). The topological polar surface area (TPSA) is 34.1 Å². The summed E-state index contributed by atoms with van der Waals surface area (Å²) in [6, 6.07) is 6.83. The first-order valence-corrected chi connectivity index (χ1v) is 7.24. The fraction of sp³-hybridized carbons (Fsp3) is 0.333. The molecule has 16 heavy (non-hydrogen) atoms. The molecule has 0 saturated heterocycles. The van der Waals surface area contributed by atoms with Gasteiger partial charge in [-0.2, -0.15) is 0 Å². The SMILES string of the molecule is Cc1ccc(S(=O)(=O)/C=C/C(C)(C)Br)cc1. The minimum absolute atomic E-state index is 0.315. The van der Waals surface area contributed by atoms with E-state index in [0.717, 1.165) is 5.56 Å². The molecule has 88 valence electrons. The van der Waals surface area contributed by atoms with Gasteiger partial charge in [0.2, 0.25) is 0 Å². The molecule has 1 aromatic carbocycles. The average molecular weight is 303 g/mol. The first-order chi connectivity index (χ1) is 7.21. The molecule has 0 aliphatic carbocycles. The van der Waals surface area contributed by atoms with Crippen LogP contribution < -0.4 is 0 Å². The first-order valence-electron chi connectivity index (χ1n) is 4.91. The maximum absolute atomic E-state index is 11.9. The maximum Gasteiger partial charge on any atom is 0.199 e. The fourth-order valence-electron chi connectivity index (χ4n) is 1.06. The molecule has 0 fully saturated rings. The number of benzene rings is 1. The summed E-state index contributed by atoms with van der Waals surface area (Å²) >= 11 is 3.36. The molecule has 0 aliphatic rings. The van der Waals surface area contributed by atoms with E-state index >= 15 is 0 Å². The Kier molecular flexibility index (Phi) is 3.97. The summed E-state index contributed by atoms with van der Waals surface area (Å²) in [6.07, 6.45) is 1.63. The van der Waals surface area contributed by atoms with Crippen LogP contribution in [0.25, 0.3) is 0 Å². The van der Waals surface area contributed by atoms with Gasteiger partial charge < -0.3 is 0 Å². The average Bonchev–Trinajstić information content (AvgIpc) is 2.15. The second-order valence-electron chi connectivity index (χ2n) is 4.23. The largest absolute Gasteiger partial charge is 0.219 e. The van der Waals surface area contributed by atoms with Gasteiger partial charge in [-0.1, -0.05) is 39.7 Å². The van der Waals surface area contributed by atoms with E-state index in [1.54, 1.807) is 30.3 Å².